The van der Waals surface area contributed by atoms with Crippen molar-refractivity contribution in [1.82, 2.24) is 0 Å². The Morgan fingerprint density at radius 2 is 1.62 bits per heavy atom. The summed E-state index contributed by atoms with van der Waals surface area (Å²) in [6, 6.07) is 21.4. The minimum atomic E-state index is -0.0265. The van der Waals surface area contributed by atoms with Gasteiger partial charge in [-0.1, -0.05) is 75.6 Å². The third-order valence-corrected chi connectivity index (χ3v) is 8.71. The molecular formula is C33H36N+. The predicted molar refractivity (Wildman–Crippen MR) is 143 cm³/mol. The van der Waals surface area contributed by atoms with Crippen LogP contribution in [0.4, 0.5) is 0 Å². The van der Waals surface area contributed by atoms with Gasteiger partial charge in [0, 0.05) is 18.4 Å². The van der Waals surface area contributed by atoms with Crippen LogP contribution in [-0.4, -0.2) is 0 Å². The second-order valence-electron chi connectivity index (χ2n) is 11.1. The van der Waals surface area contributed by atoms with E-state index in [-0.39, 0.29) is 5.41 Å². The highest BCUT2D eigenvalue weighted by Gasteiger charge is 2.36. The van der Waals surface area contributed by atoms with Crippen molar-refractivity contribution in [3.05, 3.63) is 88.6 Å². The van der Waals surface area contributed by atoms with Crippen LogP contribution >= 0.6 is 0 Å². The molecule has 0 N–H and O–H groups in total. The first kappa shape index (κ1) is 20.4. The van der Waals surface area contributed by atoms with Crippen LogP contribution in [0.1, 0.15) is 81.2 Å². The maximum absolute atomic E-state index is 9.01. The van der Waals surface area contributed by atoms with Crippen LogP contribution in [0.3, 0.4) is 0 Å². The third kappa shape index (κ3) is 3.17. The maximum Gasteiger partial charge on any atom is 0.220 e. The summed E-state index contributed by atoms with van der Waals surface area (Å²) < 4.78 is 11.3. The Labute approximate surface area is 205 Å². The van der Waals surface area contributed by atoms with Crippen molar-refractivity contribution < 1.29 is 5.94 Å². The van der Waals surface area contributed by atoms with Crippen molar-refractivity contribution in [3.8, 4) is 22.4 Å². The Morgan fingerprint density at radius 1 is 0.853 bits per heavy atom. The van der Waals surface area contributed by atoms with Crippen molar-refractivity contribution in [2.75, 3.05) is 0 Å². The molecule has 0 radical (unpaired) electrons. The minimum Gasteiger partial charge on any atom is -0.198 e. The number of hydrogen-bond donors (Lipinski definition) is 0. The lowest BCUT2D eigenvalue weighted by atomic mass is 9.81. The van der Waals surface area contributed by atoms with Crippen LogP contribution in [0.25, 0.3) is 33.2 Å². The molecule has 1 heterocycles. The molecule has 1 heteroatoms. The lowest BCUT2D eigenvalue weighted by molar-refractivity contribution is -0.665. The summed E-state index contributed by atoms with van der Waals surface area (Å²) >= 11 is 0. The van der Waals surface area contributed by atoms with Crippen molar-refractivity contribution in [2.24, 2.45) is 7.05 Å². The van der Waals surface area contributed by atoms with Gasteiger partial charge in [0.2, 0.25) is 5.69 Å². The van der Waals surface area contributed by atoms with Gasteiger partial charge in [-0.2, -0.15) is 4.57 Å². The molecule has 34 heavy (non-hydrogen) atoms. The van der Waals surface area contributed by atoms with Gasteiger partial charge in [-0.15, -0.1) is 0 Å². The summed E-state index contributed by atoms with van der Waals surface area (Å²) in [7, 11) is 2.13. The van der Waals surface area contributed by atoms with Crippen LogP contribution in [0, 0.1) is 13.8 Å². The number of fused-ring (bicyclic) bond motifs is 4. The number of benzene rings is 3. The molecule has 0 unspecified atom stereocenters. The summed E-state index contributed by atoms with van der Waals surface area (Å²) in [5.74, 6) is 0.645. The van der Waals surface area contributed by atoms with Gasteiger partial charge in [0.25, 0.3) is 0 Å². The second kappa shape index (κ2) is 7.80. The SMILES string of the molecule is [2H]c1c(C)[n+](C)c(-c2cc3c(cc2C)-c2ccccc2C3(C)C)c2ccc(C3CCCCC3)cc12. The molecule has 0 spiro atoms. The Morgan fingerprint density at radius 3 is 2.41 bits per heavy atom. The van der Waals surface area contributed by atoms with Crippen molar-refractivity contribution in [1.29, 1.82) is 0 Å². The van der Waals surface area contributed by atoms with Crippen LogP contribution in [0.5, 0.6) is 0 Å². The summed E-state index contributed by atoms with van der Waals surface area (Å²) in [5, 5.41) is 2.29. The average molecular weight is 448 g/mol. The van der Waals surface area contributed by atoms with Gasteiger partial charge < -0.3 is 0 Å². The van der Waals surface area contributed by atoms with Crippen LogP contribution in [0.2, 0.25) is 0 Å². The monoisotopic (exact) mass is 447 g/mol. The fourth-order valence-electron chi connectivity index (χ4n) is 6.63. The van der Waals surface area contributed by atoms with E-state index in [0.29, 0.717) is 12.0 Å². The van der Waals surface area contributed by atoms with E-state index >= 15 is 0 Å². The highest BCUT2D eigenvalue weighted by Crippen LogP contribution is 2.50. The molecule has 2 aliphatic rings. The zero-order chi connectivity index (χ0) is 24.5. The molecule has 6 rings (SSSR count). The first-order valence-corrected chi connectivity index (χ1v) is 13.0. The van der Waals surface area contributed by atoms with E-state index in [4.69, 9.17) is 1.37 Å². The van der Waals surface area contributed by atoms with Gasteiger partial charge in [-0.3, -0.25) is 0 Å². The van der Waals surface area contributed by atoms with E-state index in [1.54, 1.807) is 0 Å². The Hall–Kier alpha value is -2.93. The van der Waals surface area contributed by atoms with E-state index in [2.05, 4.69) is 93.9 Å². The molecule has 3 aromatic carbocycles. The average Bonchev–Trinajstić information content (AvgIpc) is 3.09. The molecule has 2 aliphatic carbocycles. The summed E-state index contributed by atoms with van der Waals surface area (Å²) in [5.41, 5.74) is 11.8. The van der Waals surface area contributed by atoms with Crippen LogP contribution < -0.4 is 4.57 Å². The number of pyridine rings is 1. The normalized spacial score (nSPS) is 17.5. The molecule has 1 fully saturated rings. The predicted octanol–water partition coefficient (Wildman–Crippen LogP) is 8.30. The first-order valence-electron chi connectivity index (χ1n) is 13.5. The Kier molecular flexibility index (Phi) is 4.69. The third-order valence-electron chi connectivity index (χ3n) is 8.71. The quantitative estimate of drug-likeness (QED) is 0.272. The smallest absolute Gasteiger partial charge is 0.198 e. The number of aromatic nitrogens is 1. The highest BCUT2D eigenvalue weighted by molar-refractivity contribution is 5.95. The highest BCUT2D eigenvalue weighted by atomic mass is 14.9. The van der Waals surface area contributed by atoms with E-state index in [0.717, 1.165) is 11.1 Å². The molecule has 1 nitrogen and oxygen atoms in total. The molecule has 0 aliphatic heterocycles. The van der Waals surface area contributed by atoms with Gasteiger partial charge >= 0.3 is 0 Å². The molecule has 1 aromatic heterocycles. The van der Waals surface area contributed by atoms with E-state index in [9.17, 15) is 0 Å². The molecule has 0 bridgehead atoms. The van der Waals surface area contributed by atoms with Gasteiger partial charge in [0.15, 0.2) is 5.69 Å². The number of aryl methyl sites for hydroxylation is 1. The second-order valence-corrected chi connectivity index (χ2v) is 11.1. The molecule has 172 valence electrons. The topological polar surface area (TPSA) is 3.88 Å². The summed E-state index contributed by atoms with van der Waals surface area (Å²) in [4.78, 5) is 0. The molecule has 1 saturated carbocycles. The standard InChI is InChI=1S/C33H36N/c1-21-17-29-27-13-9-10-14-30(27)33(3,4)31(29)20-28(21)32-26-16-15-24(23-11-7-6-8-12-23)19-25(26)18-22(2)34(32)5/h9-10,13-20,23H,6-8,11-12H2,1-5H3/q+1/i18D. The van der Waals surface area contributed by atoms with Crippen molar-refractivity contribution in [3.63, 3.8) is 0 Å². The molecule has 0 atom stereocenters. The van der Waals surface area contributed by atoms with E-state index in [1.165, 1.54) is 82.1 Å². The van der Waals surface area contributed by atoms with Gasteiger partial charge in [0.05, 0.1) is 12.3 Å². The summed E-state index contributed by atoms with van der Waals surface area (Å²) in [6.07, 6.45) is 6.59. The fraction of sp³-hybridized carbons (Fsp3) is 0.364. The molecule has 0 amide bonds. The van der Waals surface area contributed by atoms with E-state index < -0.39 is 0 Å². The van der Waals surface area contributed by atoms with Gasteiger partial charge in [-0.05, 0) is 76.6 Å². The lowest BCUT2D eigenvalue weighted by Gasteiger charge is -2.23. The molecule has 0 saturated heterocycles. The van der Waals surface area contributed by atoms with Crippen LogP contribution in [-0.2, 0) is 12.5 Å². The molecule has 4 aromatic rings. The maximum atomic E-state index is 9.01. The number of rotatable bonds is 2. The Balaban J connectivity index is 1.59. The fourth-order valence-corrected chi connectivity index (χ4v) is 6.63. The van der Waals surface area contributed by atoms with Crippen molar-refractivity contribution in [2.45, 2.75) is 71.1 Å². The zero-order valence-corrected chi connectivity index (χ0v) is 21.3. The summed E-state index contributed by atoms with van der Waals surface area (Å²) in [6.45, 7) is 9.05. The Bertz CT molecular complexity index is 1490. The first-order chi connectivity index (χ1) is 16.8. The van der Waals surface area contributed by atoms with E-state index in [1.807, 2.05) is 0 Å². The lowest BCUT2D eigenvalue weighted by Crippen LogP contribution is -2.35. The van der Waals surface area contributed by atoms with Crippen molar-refractivity contribution >= 4 is 10.8 Å². The number of nitrogens with zero attached hydrogens (tertiary/aromatic N) is 1. The van der Waals surface area contributed by atoms with Gasteiger partial charge in [0.1, 0.15) is 7.05 Å². The number of hydrogen-bond acceptors (Lipinski definition) is 0. The minimum absolute atomic E-state index is 0.0265. The van der Waals surface area contributed by atoms with Gasteiger partial charge in [-0.25, -0.2) is 0 Å². The largest absolute Gasteiger partial charge is 0.220 e. The molecular weight excluding hydrogens is 410 g/mol. The van der Waals surface area contributed by atoms with Crippen LogP contribution in [0.15, 0.2) is 60.6 Å². The zero-order valence-electron chi connectivity index (χ0n) is 22.3.